The lowest BCUT2D eigenvalue weighted by atomic mass is 10.1. The Labute approximate surface area is 150 Å². The average Bonchev–Trinajstić information content (AvgIpc) is 3.13. The molecule has 2 amide bonds. The number of thiophene rings is 1. The van der Waals surface area contributed by atoms with Crippen molar-refractivity contribution < 1.29 is 19.1 Å². The first-order chi connectivity index (χ1) is 12.1. The maximum atomic E-state index is 12.0. The number of hydrogen-bond donors (Lipinski definition) is 2. The van der Waals surface area contributed by atoms with Crippen LogP contribution in [0.4, 0.5) is 5.69 Å². The Bertz CT molecular complexity index is 728. The van der Waals surface area contributed by atoms with Crippen LogP contribution in [-0.4, -0.2) is 31.4 Å². The van der Waals surface area contributed by atoms with Gasteiger partial charge in [-0.25, -0.2) is 0 Å². The van der Waals surface area contributed by atoms with Crippen LogP contribution in [0.1, 0.15) is 28.1 Å². The minimum atomic E-state index is -0.329. The molecule has 0 spiro atoms. The van der Waals surface area contributed by atoms with E-state index in [-0.39, 0.29) is 24.2 Å². The summed E-state index contributed by atoms with van der Waals surface area (Å²) in [6, 6.07) is 10.7. The van der Waals surface area contributed by atoms with Crippen molar-refractivity contribution in [3.8, 4) is 0 Å². The maximum absolute atomic E-state index is 12.0. The number of esters is 1. The van der Waals surface area contributed by atoms with E-state index in [0.29, 0.717) is 30.0 Å². The summed E-state index contributed by atoms with van der Waals surface area (Å²) in [5.41, 5.74) is 1.40. The van der Waals surface area contributed by atoms with Gasteiger partial charge in [0.25, 0.3) is 5.91 Å². The molecular weight excluding hydrogens is 340 g/mol. The molecule has 0 unspecified atom stereocenters. The first-order valence-corrected chi connectivity index (χ1v) is 8.74. The van der Waals surface area contributed by atoms with Crippen molar-refractivity contribution in [3.05, 3.63) is 52.2 Å². The van der Waals surface area contributed by atoms with Gasteiger partial charge in [-0.3, -0.25) is 14.4 Å². The summed E-state index contributed by atoms with van der Waals surface area (Å²) in [7, 11) is 1.34. The SMILES string of the molecule is COC(=O)Cc1cccc(NC(=O)CCCNC(=O)c2cccs2)c1. The monoisotopic (exact) mass is 360 g/mol. The van der Waals surface area contributed by atoms with Crippen LogP contribution in [0, 0.1) is 0 Å². The van der Waals surface area contributed by atoms with Crippen LogP contribution in [0.5, 0.6) is 0 Å². The number of methoxy groups -OCH3 is 1. The van der Waals surface area contributed by atoms with Crippen molar-refractivity contribution in [3.63, 3.8) is 0 Å². The minimum Gasteiger partial charge on any atom is -0.469 e. The minimum absolute atomic E-state index is 0.120. The Morgan fingerprint density at radius 3 is 2.72 bits per heavy atom. The summed E-state index contributed by atoms with van der Waals surface area (Å²) in [6.07, 6.45) is 1.01. The lowest BCUT2D eigenvalue weighted by Crippen LogP contribution is -2.24. The molecule has 2 aromatic rings. The van der Waals surface area contributed by atoms with Crippen LogP contribution in [0.25, 0.3) is 0 Å². The highest BCUT2D eigenvalue weighted by molar-refractivity contribution is 7.12. The Kier molecular flexibility index (Phi) is 7.16. The normalized spacial score (nSPS) is 10.1. The number of anilines is 1. The third kappa shape index (κ3) is 6.39. The van der Waals surface area contributed by atoms with Gasteiger partial charge in [0.05, 0.1) is 18.4 Å². The van der Waals surface area contributed by atoms with Gasteiger partial charge >= 0.3 is 5.97 Å². The molecule has 7 heteroatoms. The molecule has 0 saturated heterocycles. The zero-order valence-corrected chi connectivity index (χ0v) is 14.7. The molecule has 25 heavy (non-hydrogen) atoms. The van der Waals surface area contributed by atoms with Crippen molar-refractivity contribution in [1.29, 1.82) is 0 Å². The van der Waals surface area contributed by atoms with E-state index in [1.807, 2.05) is 11.4 Å². The van der Waals surface area contributed by atoms with Gasteiger partial charge in [0.2, 0.25) is 5.91 Å². The molecule has 2 N–H and O–H groups in total. The van der Waals surface area contributed by atoms with Crippen molar-refractivity contribution in [1.82, 2.24) is 5.32 Å². The molecular formula is C18H20N2O4S. The molecule has 0 aliphatic carbocycles. The zero-order valence-electron chi connectivity index (χ0n) is 13.9. The molecule has 1 heterocycles. The van der Waals surface area contributed by atoms with Crippen LogP contribution >= 0.6 is 11.3 Å². The van der Waals surface area contributed by atoms with Crippen LogP contribution in [0.3, 0.4) is 0 Å². The quantitative estimate of drug-likeness (QED) is 0.560. The zero-order chi connectivity index (χ0) is 18.1. The van der Waals surface area contributed by atoms with Gasteiger partial charge in [0.15, 0.2) is 0 Å². The van der Waals surface area contributed by atoms with Gasteiger partial charge in [0.1, 0.15) is 0 Å². The molecule has 0 radical (unpaired) electrons. The standard InChI is InChI=1S/C18H20N2O4S/c1-24-17(22)12-13-5-2-6-14(11-13)20-16(21)8-3-9-19-18(23)15-7-4-10-25-15/h2,4-7,10-11H,3,8-9,12H2,1H3,(H,19,23)(H,20,21). The molecule has 6 nitrogen and oxygen atoms in total. The number of amides is 2. The topological polar surface area (TPSA) is 84.5 Å². The first-order valence-electron chi connectivity index (χ1n) is 7.86. The van der Waals surface area contributed by atoms with Gasteiger partial charge < -0.3 is 15.4 Å². The number of benzene rings is 1. The second-order valence-electron chi connectivity index (χ2n) is 5.34. The Morgan fingerprint density at radius 2 is 2.00 bits per heavy atom. The van der Waals surface area contributed by atoms with E-state index in [1.54, 1.807) is 30.3 Å². The van der Waals surface area contributed by atoms with Crippen LogP contribution in [0.2, 0.25) is 0 Å². The summed E-state index contributed by atoms with van der Waals surface area (Å²) in [6.45, 7) is 0.437. The van der Waals surface area contributed by atoms with Gasteiger partial charge in [-0.15, -0.1) is 11.3 Å². The molecule has 0 atom stereocenters. The summed E-state index contributed by atoms with van der Waals surface area (Å²) >= 11 is 1.38. The summed E-state index contributed by atoms with van der Waals surface area (Å²) in [5.74, 6) is -0.587. The molecule has 0 fully saturated rings. The fraction of sp³-hybridized carbons (Fsp3) is 0.278. The lowest BCUT2D eigenvalue weighted by molar-refractivity contribution is -0.139. The van der Waals surface area contributed by atoms with Crippen molar-refractivity contribution in [2.75, 3.05) is 19.0 Å². The summed E-state index contributed by atoms with van der Waals surface area (Å²) in [4.78, 5) is 35.7. The summed E-state index contributed by atoms with van der Waals surface area (Å²) < 4.78 is 4.63. The second kappa shape index (κ2) is 9.58. The second-order valence-corrected chi connectivity index (χ2v) is 6.29. The number of rotatable bonds is 8. The first kappa shape index (κ1) is 18.7. The highest BCUT2D eigenvalue weighted by Crippen LogP contribution is 2.12. The van der Waals surface area contributed by atoms with E-state index in [9.17, 15) is 14.4 Å². The number of carbonyl (C=O) groups excluding carboxylic acids is 3. The molecule has 0 aliphatic heterocycles. The molecule has 132 valence electrons. The van der Waals surface area contributed by atoms with E-state index >= 15 is 0 Å². The smallest absolute Gasteiger partial charge is 0.309 e. The molecule has 2 rings (SSSR count). The van der Waals surface area contributed by atoms with E-state index in [4.69, 9.17) is 0 Å². The van der Waals surface area contributed by atoms with Crippen molar-refractivity contribution >= 4 is 34.8 Å². The fourth-order valence-corrected chi connectivity index (χ4v) is 2.81. The number of nitrogens with one attached hydrogen (secondary N) is 2. The molecule has 0 saturated carbocycles. The molecule has 0 bridgehead atoms. The van der Waals surface area contributed by atoms with Gasteiger partial charge in [-0.2, -0.15) is 0 Å². The largest absolute Gasteiger partial charge is 0.469 e. The van der Waals surface area contributed by atoms with E-state index < -0.39 is 0 Å². The average molecular weight is 360 g/mol. The van der Waals surface area contributed by atoms with Gasteiger partial charge in [-0.1, -0.05) is 18.2 Å². The number of ether oxygens (including phenoxy) is 1. The van der Waals surface area contributed by atoms with Gasteiger partial charge in [-0.05, 0) is 35.6 Å². The predicted octanol–water partition coefficient (Wildman–Crippen LogP) is 2.61. The molecule has 1 aromatic heterocycles. The Balaban J connectivity index is 1.72. The van der Waals surface area contributed by atoms with E-state index in [0.717, 1.165) is 5.56 Å². The van der Waals surface area contributed by atoms with Crippen molar-refractivity contribution in [2.45, 2.75) is 19.3 Å². The number of carbonyl (C=O) groups is 3. The third-order valence-electron chi connectivity index (χ3n) is 3.40. The highest BCUT2D eigenvalue weighted by Gasteiger charge is 2.08. The molecule has 1 aromatic carbocycles. The van der Waals surface area contributed by atoms with Crippen molar-refractivity contribution in [2.24, 2.45) is 0 Å². The molecule has 0 aliphatic rings. The van der Waals surface area contributed by atoms with Crippen LogP contribution in [0.15, 0.2) is 41.8 Å². The van der Waals surface area contributed by atoms with Gasteiger partial charge in [0, 0.05) is 18.7 Å². The third-order valence-corrected chi connectivity index (χ3v) is 4.27. The Morgan fingerprint density at radius 1 is 1.16 bits per heavy atom. The summed E-state index contributed by atoms with van der Waals surface area (Å²) in [5, 5.41) is 7.41. The predicted molar refractivity (Wildman–Crippen MR) is 96.7 cm³/mol. The highest BCUT2D eigenvalue weighted by atomic mass is 32.1. The maximum Gasteiger partial charge on any atom is 0.309 e. The lowest BCUT2D eigenvalue weighted by Gasteiger charge is -2.08. The van der Waals surface area contributed by atoms with Crippen LogP contribution in [-0.2, 0) is 20.7 Å². The van der Waals surface area contributed by atoms with E-state index in [2.05, 4.69) is 15.4 Å². The Hall–Kier alpha value is -2.67. The van der Waals surface area contributed by atoms with Crippen LogP contribution < -0.4 is 10.6 Å². The number of hydrogen-bond acceptors (Lipinski definition) is 5. The van der Waals surface area contributed by atoms with E-state index in [1.165, 1.54) is 18.4 Å². The fourth-order valence-electron chi connectivity index (χ4n) is 2.17.